The minimum atomic E-state index is -4.79. The summed E-state index contributed by atoms with van der Waals surface area (Å²) in [6.45, 7) is 2.08. The van der Waals surface area contributed by atoms with Gasteiger partial charge in [0.1, 0.15) is 19.2 Å². The molecule has 1 atom stereocenters. The molecular weight excluding hydrogens is 453 g/mol. The molecule has 2 N–H and O–H groups in total. The highest BCUT2D eigenvalue weighted by Crippen LogP contribution is 2.44. The number of carboxylic acids is 1. The van der Waals surface area contributed by atoms with Crippen molar-refractivity contribution in [1.82, 2.24) is 10.2 Å². The number of benzene rings is 2. The maximum absolute atomic E-state index is 13.1. The minimum absolute atomic E-state index is 0.154. The zero-order valence-corrected chi connectivity index (χ0v) is 18.0. The molecule has 0 saturated heterocycles. The van der Waals surface area contributed by atoms with Crippen LogP contribution < -0.4 is 5.32 Å². The number of alkyl halides is 3. The number of hydrogen-bond acceptors (Lipinski definition) is 4. The van der Waals surface area contributed by atoms with Crippen molar-refractivity contribution in [2.75, 3.05) is 19.7 Å². The molecule has 1 unspecified atom stereocenters. The maximum atomic E-state index is 13.1. The first-order valence-corrected chi connectivity index (χ1v) is 10.4. The Hall–Kier alpha value is -3.82. The predicted octanol–water partition coefficient (Wildman–Crippen LogP) is 3.95. The summed E-state index contributed by atoms with van der Waals surface area (Å²) >= 11 is 0. The topological polar surface area (TPSA) is 95.9 Å². The van der Waals surface area contributed by atoms with E-state index in [4.69, 9.17) is 9.84 Å². The normalized spacial score (nSPS) is 13.4. The number of carbonyl (C=O) groups excluding carboxylic acids is 2. The summed E-state index contributed by atoms with van der Waals surface area (Å²) in [6.07, 6.45) is -6.50. The van der Waals surface area contributed by atoms with Crippen LogP contribution in [0.3, 0.4) is 0 Å². The van der Waals surface area contributed by atoms with Gasteiger partial charge in [-0.2, -0.15) is 13.2 Å². The van der Waals surface area contributed by atoms with Crippen LogP contribution in [-0.2, 0) is 14.3 Å². The molecule has 2 aromatic rings. The van der Waals surface area contributed by atoms with Crippen molar-refractivity contribution in [3.05, 3.63) is 72.3 Å². The minimum Gasteiger partial charge on any atom is -0.480 e. The molecule has 0 aromatic heterocycles. The van der Waals surface area contributed by atoms with Gasteiger partial charge in [0.2, 0.25) is 5.91 Å². The van der Waals surface area contributed by atoms with E-state index in [2.05, 4.69) is 6.58 Å². The van der Waals surface area contributed by atoms with Gasteiger partial charge in [-0.3, -0.25) is 9.59 Å². The second kappa shape index (κ2) is 10.4. The number of carboxylic acid groups (broad SMARTS) is 1. The summed E-state index contributed by atoms with van der Waals surface area (Å²) in [6, 6.07) is 13.0. The van der Waals surface area contributed by atoms with Crippen molar-refractivity contribution in [3.63, 3.8) is 0 Å². The van der Waals surface area contributed by atoms with Crippen molar-refractivity contribution in [3.8, 4) is 11.1 Å². The Morgan fingerprint density at radius 2 is 1.65 bits per heavy atom. The van der Waals surface area contributed by atoms with Gasteiger partial charge in [0.15, 0.2) is 0 Å². The summed E-state index contributed by atoms with van der Waals surface area (Å²) < 4.78 is 44.5. The lowest BCUT2D eigenvalue weighted by Gasteiger charge is -2.26. The molecule has 2 amide bonds. The van der Waals surface area contributed by atoms with E-state index in [1.54, 1.807) is 0 Å². The van der Waals surface area contributed by atoms with Gasteiger partial charge in [-0.15, -0.1) is 6.58 Å². The van der Waals surface area contributed by atoms with Crippen LogP contribution in [-0.4, -0.2) is 59.9 Å². The van der Waals surface area contributed by atoms with E-state index in [0.29, 0.717) is 4.90 Å². The third kappa shape index (κ3) is 5.94. The number of hydrogen-bond donors (Lipinski definition) is 2. The Bertz CT molecular complexity index is 1040. The van der Waals surface area contributed by atoms with Gasteiger partial charge in [0.25, 0.3) is 0 Å². The molecule has 0 heterocycles. The van der Waals surface area contributed by atoms with E-state index in [9.17, 15) is 27.6 Å². The number of amides is 2. The Morgan fingerprint density at radius 3 is 2.15 bits per heavy atom. The monoisotopic (exact) mass is 476 g/mol. The third-order valence-electron chi connectivity index (χ3n) is 5.36. The second-order valence-electron chi connectivity index (χ2n) is 7.74. The average Bonchev–Trinajstić information content (AvgIpc) is 3.09. The van der Waals surface area contributed by atoms with Crippen molar-refractivity contribution in [1.29, 1.82) is 0 Å². The molecular formula is C24H23F3N2O5. The highest BCUT2D eigenvalue weighted by Gasteiger charge is 2.39. The number of rotatable bonds is 9. The fourth-order valence-electron chi connectivity index (χ4n) is 3.99. The van der Waals surface area contributed by atoms with Gasteiger partial charge >= 0.3 is 18.2 Å². The lowest BCUT2D eigenvalue weighted by molar-refractivity contribution is -0.155. The molecule has 2 aromatic carbocycles. The Labute approximate surface area is 193 Å². The number of alkyl carbamates (subject to hydrolysis) is 1. The fourth-order valence-corrected chi connectivity index (χ4v) is 3.99. The molecule has 1 aliphatic carbocycles. The number of nitrogens with one attached hydrogen (secondary N) is 1. The number of ether oxygens (including phenoxy) is 1. The number of aliphatic carboxylic acids is 1. The predicted molar refractivity (Wildman–Crippen MR) is 117 cm³/mol. The number of halogens is 3. The zero-order chi connectivity index (χ0) is 24.9. The molecule has 0 spiro atoms. The van der Waals surface area contributed by atoms with Crippen LogP contribution in [0.2, 0.25) is 0 Å². The van der Waals surface area contributed by atoms with Gasteiger partial charge in [-0.05, 0) is 22.3 Å². The quantitative estimate of drug-likeness (QED) is 0.535. The summed E-state index contributed by atoms with van der Waals surface area (Å²) in [5.74, 6) is -2.94. The smallest absolute Gasteiger partial charge is 0.407 e. The highest BCUT2D eigenvalue weighted by atomic mass is 19.4. The van der Waals surface area contributed by atoms with Crippen LogP contribution >= 0.6 is 0 Å². The molecule has 180 valence electrons. The molecule has 0 radical (unpaired) electrons. The van der Waals surface area contributed by atoms with Gasteiger partial charge in [-0.25, -0.2) is 4.79 Å². The molecule has 7 nitrogen and oxygen atoms in total. The van der Waals surface area contributed by atoms with E-state index < -0.39 is 43.2 Å². The van der Waals surface area contributed by atoms with Gasteiger partial charge in [0.05, 0.1) is 6.42 Å². The van der Waals surface area contributed by atoms with Crippen LogP contribution in [0.5, 0.6) is 0 Å². The lowest BCUT2D eigenvalue weighted by Crippen LogP contribution is -2.51. The van der Waals surface area contributed by atoms with Gasteiger partial charge in [0, 0.05) is 12.5 Å². The molecule has 0 aliphatic heterocycles. The second-order valence-corrected chi connectivity index (χ2v) is 7.74. The Morgan fingerprint density at radius 1 is 1.09 bits per heavy atom. The SMILES string of the molecule is C=CCN(CC(=O)O)C(=O)C(CC(F)(F)F)NC(=O)OCC1c2ccccc2-c2ccccc21. The van der Waals surface area contributed by atoms with Gasteiger partial charge in [-0.1, -0.05) is 54.6 Å². The lowest BCUT2D eigenvalue weighted by atomic mass is 9.98. The van der Waals surface area contributed by atoms with Crippen LogP contribution in [0.1, 0.15) is 23.5 Å². The molecule has 1 aliphatic rings. The molecule has 34 heavy (non-hydrogen) atoms. The number of fused-ring (bicyclic) bond motifs is 3. The first-order valence-electron chi connectivity index (χ1n) is 10.4. The first kappa shape index (κ1) is 24.8. The largest absolute Gasteiger partial charge is 0.480 e. The molecule has 3 rings (SSSR count). The van der Waals surface area contributed by atoms with Crippen molar-refractivity contribution in [2.24, 2.45) is 0 Å². The summed E-state index contributed by atoms with van der Waals surface area (Å²) in [7, 11) is 0. The number of nitrogens with zero attached hydrogens (tertiary/aromatic N) is 1. The summed E-state index contributed by atoms with van der Waals surface area (Å²) in [5, 5.41) is 10.9. The summed E-state index contributed by atoms with van der Waals surface area (Å²) in [5.41, 5.74) is 3.79. The van der Waals surface area contributed by atoms with Crippen LogP contribution in [0.15, 0.2) is 61.2 Å². The van der Waals surface area contributed by atoms with Crippen LogP contribution in [0.4, 0.5) is 18.0 Å². The standard InChI is InChI=1S/C24H23F3N2O5/c1-2-11-29(13-21(30)31)22(32)20(12-24(25,26)27)28-23(33)34-14-19-17-9-5-3-7-15(17)16-8-4-6-10-18(16)19/h2-10,19-20H,1,11-14H2,(H,28,33)(H,30,31). The van der Waals surface area contributed by atoms with Crippen LogP contribution in [0.25, 0.3) is 11.1 Å². The van der Waals surface area contributed by atoms with Crippen molar-refractivity contribution in [2.45, 2.75) is 24.6 Å². The third-order valence-corrected chi connectivity index (χ3v) is 5.36. The van der Waals surface area contributed by atoms with Gasteiger partial charge < -0.3 is 20.1 Å². The van der Waals surface area contributed by atoms with Crippen molar-refractivity contribution < 1.29 is 37.4 Å². The summed E-state index contributed by atoms with van der Waals surface area (Å²) in [4.78, 5) is 36.7. The molecule has 0 saturated carbocycles. The number of carbonyl (C=O) groups is 3. The molecule has 0 fully saturated rings. The van der Waals surface area contributed by atoms with E-state index in [1.807, 2.05) is 53.8 Å². The van der Waals surface area contributed by atoms with E-state index in [1.165, 1.54) is 6.08 Å². The van der Waals surface area contributed by atoms with E-state index >= 15 is 0 Å². The zero-order valence-electron chi connectivity index (χ0n) is 18.0. The maximum Gasteiger partial charge on any atom is 0.407 e. The average molecular weight is 476 g/mol. The van der Waals surface area contributed by atoms with Crippen molar-refractivity contribution >= 4 is 18.0 Å². The fraction of sp³-hybridized carbons (Fsp3) is 0.292. The molecule has 0 bridgehead atoms. The Kier molecular flexibility index (Phi) is 7.60. The molecule has 10 heteroatoms. The Balaban J connectivity index is 1.73. The van der Waals surface area contributed by atoms with E-state index in [0.717, 1.165) is 22.3 Å². The first-order chi connectivity index (χ1) is 16.1. The highest BCUT2D eigenvalue weighted by molar-refractivity contribution is 5.88. The van der Waals surface area contributed by atoms with Crippen LogP contribution in [0, 0.1) is 0 Å². The van der Waals surface area contributed by atoms with E-state index in [-0.39, 0.29) is 19.1 Å².